The van der Waals surface area contributed by atoms with Crippen molar-refractivity contribution in [3.05, 3.63) is 134 Å². The van der Waals surface area contributed by atoms with Crippen LogP contribution in [0.4, 0.5) is 0 Å². The molecular formula is C56H86O6. The maximum atomic E-state index is 12.8. The predicted octanol–water partition coefficient (Wildman–Crippen LogP) is 15.9. The molecule has 62 heavy (non-hydrogen) atoms. The molecule has 0 N–H and O–H groups in total. The van der Waals surface area contributed by atoms with Gasteiger partial charge in [-0.2, -0.15) is 0 Å². The fraction of sp³-hybridized carbons (Fsp3) is 0.554. The minimum absolute atomic E-state index is 0.120. The Bertz CT molecular complexity index is 1400. The second-order valence-corrected chi connectivity index (χ2v) is 15.2. The molecular weight excluding hydrogens is 769 g/mol. The minimum atomic E-state index is -0.838. The molecule has 0 spiro atoms. The van der Waals surface area contributed by atoms with Crippen molar-refractivity contribution < 1.29 is 28.6 Å². The predicted molar refractivity (Wildman–Crippen MR) is 265 cm³/mol. The molecule has 0 aliphatic heterocycles. The van der Waals surface area contributed by atoms with Gasteiger partial charge in [0.05, 0.1) is 6.42 Å². The summed E-state index contributed by atoms with van der Waals surface area (Å²) in [5.74, 6) is -1.12. The van der Waals surface area contributed by atoms with Crippen molar-refractivity contribution in [3.8, 4) is 0 Å². The van der Waals surface area contributed by atoms with Crippen LogP contribution in [-0.2, 0) is 28.6 Å². The maximum Gasteiger partial charge on any atom is 0.309 e. The Morgan fingerprint density at radius 1 is 0.339 bits per heavy atom. The second-order valence-electron chi connectivity index (χ2n) is 15.2. The summed E-state index contributed by atoms with van der Waals surface area (Å²) in [6, 6.07) is 0. The second kappa shape index (κ2) is 49.2. The van der Waals surface area contributed by atoms with Crippen molar-refractivity contribution in [2.45, 2.75) is 187 Å². The zero-order valence-corrected chi connectivity index (χ0v) is 39.3. The largest absolute Gasteiger partial charge is 0.462 e. The highest BCUT2D eigenvalue weighted by Gasteiger charge is 2.19. The minimum Gasteiger partial charge on any atom is -0.462 e. The monoisotopic (exact) mass is 855 g/mol. The molecule has 6 heteroatoms. The van der Waals surface area contributed by atoms with Crippen LogP contribution in [0, 0.1) is 0 Å². The van der Waals surface area contributed by atoms with Gasteiger partial charge in [-0.15, -0.1) is 0 Å². The molecule has 0 radical (unpaired) electrons. The summed E-state index contributed by atoms with van der Waals surface area (Å²) in [6.07, 6.45) is 69.0. The Morgan fingerprint density at radius 3 is 1.06 bits per heavy atom. The fourth-order valence-corrected chi connectivity index (χ4v) is 5.89. The highest BCUT2D eigenvalue weighted by atomic mass is 16.6. The summed E-state index contributed by atoms with van der Waals surface area (Å²) in [5, 5.41) is 0. The third-order valence-electron chi connectivity index (χ3n) is 9.41. The van der Waals surface area contributed by atoms with Gasteiger partial charge in [-0.1, -0.05) is 187 Å². The van der Waals surface area contributed by atoms with E-state index in [9.17, 15) is 14.4 Å². The van der Waals surface area contributed by atoms with Gasteiger partial charge in [0.2, 0.25) is 0 Å². The van der Waals surface area contributed by atoms with Crippen molar-refractivity contribution >= 4 is 17.9 Å². The number of ether oxygens (including phenoxy) is 3. The zero-order valence-electron chi connectivity index (χ0n) is 39.3. The average Bonchev–Trinajstić information content (AvgIpc) is 3.27. The van der Waals surface area contributed by atoms with E-state index in [1.54, 1.807) is 6.08 Å². The van der Waals surface area contributed by atoms with Crippen molar-refractivity contribution in [2.75, 3.05) is 13.2 Å². The summed E-state index contributed by atoms with van der Waals surface area (Å²) >= 11 is 0. The van der Waals surface area contributed by atoms with Gasteiger partial charge in [-0.25, -0.2) is 0 Å². The summed E-state index contributed by atoms with van der Waals surface area (Å²) in [6.45, 7) is 6.12. The summed E-state index contributed by atoms with van der Waals surface area (Å²) in [7, 11) is 0. The Balaban J connectivity index is 4.50. The van der Waals surface area contributed by atoms with Gasteiger partial charge < -0.3 is 14.2 Å². The quantitative estimate of drug-likeness (QED) is 0.0264. The van der Waals surface area contributed by atoms with E-state index in [0.717, 1.165) is 128 Å². The van der Waals surface area contributed by atoms with Crippen LogP contribution < -0.4 is 0 Å². The van der Waals surface area contributed by atoms with Crippen molar-refractivity contribution in [2.24, 2.45) is 0 Å². The first-order valence-corrected chi connectivity index (χ1v) is 24.2. The van der Waals surface area contributed by atoms with Crippen LogP contribution in [-0.4, -0.2) is 37.2 Å². The lowest BCUT2D eigenvalue weighted by molar-refractivity contribution is -0.166. The van der Waals surface area contributed by atoms with E-state index in [0.29, 0.717) is 6.42 Å². The summed E-state index contributed by atoms with van der Waals surface area (Å²) in [5.41, 5.74) is 0. The van der Waals surface area contributed by atoms with Crippen molar-refractivity contribution in [1.29, 1.82) is 0 Å². The Kier molecular flexibility index (Phi) is 45.7. The topological polar surface area (TPSA) is 78.9 Å². The number of unbranched alkanes of at least 4 members (excludes halogenated alkanes) is 9. The number of carbonyl (C=O) groups is 3. The first-order valence-electron chi connectivity index (χ1n) is 24.2. The Hall–Kier alpha value is -4.45. The van der Waals surface area contributed by atoms with E-state index in [2.05, 4.69) is 142 Å². The van der Waals surface area contributed by atoms with E-state index < -0.39 is 12.1 Å². The van der Waals surface area contributed by atoms with Gasteiger partial charge >= 0.3 is 17.9 Å². The lowest BCUT2D eigenvalue weighted by Crippen LogP contribution is -2.30. The molecule has 346 valence electrons. The van der Waals surface area contributed by atoms with E-state index in [1.807, 2.05) is 6.08 Å². The number of hydrogen-bond donors (Lipinski definition) is 0. The van der Waals surface area contributed by atoms with Crippen molar-refractivity contribution in [3.63, 3.8) is 0 Å². The molecule has 0 saturated heterocycles. The summed E-state index contributed by atoms with van der Waals surface area (Å²) < 4.78 is 16.6. The first-order chi connectivity index (χ1) is 30.5. The molecule has 1 unspecified atom stereocenters. The van der Waals surface area contributed by atoms with Crippen LogP contribution in [0.1, 0.15) is 181 Å². The fourth-order valence-electron chi connectivity index (χ4n) is 5.89. The Morgan fingerprint density at radius 2 is 0.645 bits per heavy atom. The molecule has 0 aromatic carbocycles. The molecule has 1 atom stereocenters. The van der Waals surface area contributed by atoms with Crippen LogP contribution in [0.3, 0.4) is 0 Å². The lowest BCUT2D eigenvalue weighted by atomic mass is 10.1. The normalized spacial score (nSPS) is 13.3. The lowest BCUT2D eigenvalue weighted by Gasteiger charge is -2.18. The molecule has 0 aliphatic rings. The van der Waals surface area contributed by atoms with Crippen LogP contribution in [0.2, 0.25) is 0 Å². The molecule has 0 aliphatic carbocycles. The highest BCUT2D eigenvalue weighted by molar-refractivity contribution is 5.72. The highest BCUT2D eigenvalue weighted by Crippen LogP contribution is 2.12. The van der Waals surface area contributed by atoms with Crippen LogP contribution in [0.15, 0.2) is 134 Å². The molecule has 0 rings (SSSR count). The first kappa shape index (κ1) is 57.5. The number of hydrogen-bond acceptors (Lipinski definition) is 6. The number of carbonyl (C=O) groups excluding carboxylic acids is 3. The van der Waals surface area contributed by atoms with Gasteiger partial charge in [0, 0.05) is 12.8 Å². The van der Waals surface area contributed by atoms with Crippen LogP contribution in [0.25, 0.3) is 0 Å². The SMILES string of the molecule is CC/C=C\C/C=C\C/C=C\C/C=C\C/C=C\CCCCCC(=O)OCC(COC(=O)C/C=C\C/C=C\C/C=C\CC)OC(=O)CCCCCCCC/C=C\C/C=C\C/C=C\CC. The summed E-state index contributed by atoms with van der Waals surface area (Å²) in [4.78, 5) is 37.8. The van der Waals surface area contributed by atoms with Gasteiger partial charge in [-0.05, 0) is 109 Å². The molecule has 0 aromatic heterocycles. The molecule has 0 amide bonds. The Labute approximate surface area is 379 Å². The molecule has 0 heterocycles. The third kappa shape index (κ3) is 46.6. The van der Waals surface area contributed by atoms with Gasteiger partial charge in [0.1, 0.15) is 13.2 Å². The van der Waals surface area contributed by atoms with Crippen LogP contribution >= 0.6 is 0 Å². The number of allylic oxidation sites excluding steroid dienone is 21. The van der Waals surface area contributed by atoms with Gasteiger partial charge in [0.15, 0.2) is 6.10 Å². The van der Waals surface area contributed by atoms with Crippen LogP contribution in [0.5, 0.6) is 0 Å². The third-order valence-corrected chi connectivity index (χ3v) is 9.41. The molecule has 0 fully saturated rings. The van der Waals surface area contributed by atoms with E-state index >= 15 is 0 Å². The molecule has 0 saturated carbocycles. The van der Waals surface area contributed by atoms with E-state index in [1.165, 1.54) is 12.8 Å². The smallest absolute Gasteiger partial charge is 0.309 e. The zero-order chi connectivity index (χ0) is 45.1. The molecule has 0 aromatic rings. The average molecular weight is 855 g/mol. The number of esters is 3. The van der Waals surface area contributed by atoms with E-state index in [-0.39, 0.29) is 38.0 Å². The van der Waals surface area contributed by atoms with Crippen molar-refractivity contribution in [1.82, 2.24) is 0 Å². The maximum absolute atomic E-state index is 12.8. The van der Waals surface area contributed by atoms with Gasteiger partial charge in [-0.3, -0.25) is 14.4 Å². The van der Waals surface area contributed by atoms with E-state index in [4.69, 9.17) is 14.2 Å². The number of rotatable bonds is 41. The molecule has 6 nitrogen and oxygen atoms in total. The molecule has 0 bridgehead atoms. The standard InChI is InChI=1S/C56H86O6/c1-4-7-10-13-16-19-21-23-25-27-28-29-31-32-34-37-40-43-46-49-55(58)61-52-53(51-60-54(57)48-45-42-39-36-18-15-12-9-6-3)62-56(59)50-47-44-41-38-35-33-30-26-24-22-20-17-14-11-8-5-2/h7-12,16-20,23-26,28-29,32,34,36,42,45,53H,4-6,13-15,21-22,27,30-31,33,35,37-41,43-44,46-52H2,1-3H3/b10-7-,11-8-,12-9-,19-16-,20-17-,25-23-,26-24-,29-28-,34-32-,36-18-,45-42-. The van der Waals surface area contributed by atoms with Gasteiger partial charge in [0.25, 0.3) is 0 Å².